The predicted molar refractivity (Wildman–Crippen MR) is 53.3 cm³/mol. The van der Waals surface area contributed by atoms with Crippen LogP contribution in [0.5, 0.6) is 5.75 Å². The van der Waals surface area contributed by atoms with Gasteiger partial charge in [0.1, 0.15) is 11.6 Å². The lowest BCUT2D eigenvalue weighted by atomic mass is 9.88. The van der Waals surface area contributed by atoms with Crippen molar-refractivity contribution in [3.63, 3.8) is 0 Å². The van der Waals surface area contributed by atoms with E-state index >= 15 is 0 Å². The van der Waals surface area contributed by atoms with Crippen LogP contribution < -0.4 is 4.78 Å². The molecular weight excluding hydrogens is 206 g/mol. The highest BCUT2D eigenvalue weighted by molar-refractivity contribution is 7.28. The average Bonchev–Trinajstić information content (AvgIpc) is 2.43. The highest BCUT2D eigenvalue weighted by atomic mass is 32.1. The summed E-state index contributed by atoms with van der Waals surface area (Å²) in [5.74, 6) is -0.613. The summed E-state index contributed by atoms with van der Waals surface area (Å²) in [6.07, 6.45) is 0. The van der Waals surface area contributed by atoms with Crippen LogP contribution in [0, 0.1) is 5.82 Å². The van der Waals surface area contributed by atoms with Crippen molar-refractivity contribution >= 4 is 33.3 Å². The Bertz CT molecular complexity index is 483. The van der Waals surface area contributed by atoms with E-state index in [9.17, 15) is 4.39 Å². The first-order chi connectivity index (χ1) is 6.59. The summed E-state index contributed by atoms with van der Waals surface area (Å²) >= 11 is 0.911. The van der Waals surface area contributed by atoms with Crippen molar-refractivity contribution in [2.24, 2.45) is 0 Å². The van der Waals surface area contributed by atoms with Crippen LogP contribution in [0.1, 0.15) is 0 Å². The van der Waals surface area contributed by atoms with Crippen molar-refractivity contribution in [1.29, 1.82) is 0 Å². The number of thiophene rings is 1. The van der Waals surface area contributed by atoms with Crippen LogP contribution >= 0.6 is 11.3 Å². The quantitative estimate of drug-likeness (QED) is 0.600. The number of hydrogen-bond acceptors (Lipinski definition) is 4. The molecule has 0 saturated heterocycles. The lowest BCUT2D eigenvalue weighted by Gasteiger charge is -1.91. The molecule has 0 amide bonds. The fraction of sp³-hybridized carbons (Fsp3) is 0. The van der Waals surface area contributed by atoms with E-state index in [-0.39, 0.29) is 15.9 Å². The summed E-state index contributed by atoms with van der Waals surface area (Å²) in [5.41, 5.74) is 0. The molecule has 1 heterocycles. The van der Waals surface area contributed by atoms with Crippen molar-refractivity contribution in [1.82, 2.24) is 0 Å². The summed E-state index contributed by atoms with van der Waals surface area (Å²) in [4.78, 5) is 0. The Morgan fingerprint density at radius 3 is 2.64 bits per heavy atom. The SMILES string of the molecule is OB(O)c1sc2cc(O)ccc2c1F. The molecule has 14 heavy (non-hydrogen) atoms. The molecule has 2 aromatic rings. The van der Waals surface area contributed by atoms with Gasteiger partial charge in [-0.25, -0.2) is 4.39 Å². The van der Waals surface area contributed by atoms with Crippen LogP contribution in [-0.4, -0.2) is 22.3 Å². The third-order valence-electron chi connectivity index (χ3n) is 1.87. The molecule has 6 heteroatoms. The van der Waals surface area contributed by atoms with E-state index in [1.54, 1.807) is 0 Å². The van der Waals surface area contributed by atoms with Gasteiger partial charge in [-0.1, -0.05) is 0 Å². The zero-order chi connectivity index (χ0) is 10.3. The minimum absolute atomic E-state index is 0.0257. The van der Waals surface area contributed by atoms with E-state index < -0.39 is 12.9 Å². The lowest BCUT2D eigenvalue weighted by molar-refractivity contribution is 0.424. The first kappa shape index (κ1) is 9.45. The normalized spacial score (nSPS) is 10.8. The second kappa shape index (κ2) is 3.23. The number of phenols is 1. The minimum Gasteiger partial charge on any atom is -0.508 e. The van der Waals surface area contributed by atoms with Crippen LogP contribution in [0.3, 0.4) is 0 Å². The molecule has 2 rings (SSSR count). The molecular formula is C8H6BFO3S. The monoisotopic (exact) mass is 212 g/mol. The van der Waals surface area contributed by atoms with Crippen LogP contribution in [0.2, 0.25) is 0 Å². The molecule has 3 N–H and O–H groups in total. The van der Waals surface area contributed by atoms with Gasteiger partial charge in [-0.15, -0.1) is 11.3 Å². The summed E-state index contributed by atoms with van der Waals surface area (Å²) in [7, 11) is -1.81. The largest absolute Gasteiger partial charge is 0.508 e. The second-order valence-electron chi connectivity index (χ2n) is 2.83. The van der Waals surface area contributed by atoms with E-state index in [2.05, 4.69) is 0 Å². The standard InChI is InChI=1S/C8H6BFO3S/c10-7-5-2-1-4(11)3-6(5)14-8(7)9(12)13/h1-3,11-13H. The van der Waals surface area contributed by atoms with Crippen LogP contribution in [0.25, 0.3) is 10.1 Å². The van der Waals surface area contributed by atoms with Gasteiger partial charge in [0.15, 0.2) is 0 Å². The molecule has 3 nitrogen and oxygen atoms in total. The fourth-order valence-electron chi connectivity index (χ4n) is 1.24. The Morgan fingerprint density at radius 2 is 2.00 bits per heavy atom. The van der Waals surface area contributed by atoms with Crippen molar-refractivity contribution in [2.45, 2.75) is 0 Å². The number of phenolic OH excluding ortho intramolecular Hbond substituents is 1. The minimum atomic E-state index is -1.81. The molecule has 0 aliphatic heterocycles. The first-order valence-corrected chi connectivity index (χ1v) is 4.68. The molecule has 0 fully saturated rings. The third kappa shape index (κ3) is 1.37. The molecule has 0 radical (unpaired) electrons. The highest BCUT2D eigenvalue weighted by Gasteiger charge is 2.22. The summed E-state index contributed by atoms with van der Waals surface area (Å²) in [6.45, 7) is 0. The molecule has 0 bridgehead atoms. The molecule has 1 aromatic heterocycles. The van der Waals surface area contributed by atoms with E-state index in [0.29, 0.717) is 4.70 Å². The zero-order valence-electron chi connectivity index (χ0n) is 6.94. The molecule has 0 unspecified atom stereocenters. The van der Waals surface area contributed by atoms with Crippen molar-refractivity contribution in [3.8, 4) is 5.75 Å². The van der Waals surface area contributed by atoms with Gasteiger partial charge in [-0.2, -0.15) is 0 Å². The number of aromatic hydroxyl groups is 1. The van der Waals surface area contributed by atoms with Crippen LogP contribution in [-0.2, 0) is 0 Å². The molecule has 0 atom stereocenters. The number of benzene rings is 1. The Labute approximate surface area is 83.2 Å². The Kier molecular flexibility index (Phi) is 2.18. The van der Waals surface area contributed by atoms with Gasteiger partial charge in [-0.05, 0) is 18.2 Å². The van der Waals surface area contributed by atoms with Crippen molar-refractivity contribution in [2.75, 3.05) is 0 Å². The maximum atomic E-state index is 13.4. The maximum Gasteiger partial charge on any atom is 0.502 e. The molecule has 0 aliphatic rings. The number of rotatable bonds is 1. The molecule has 1 aromatic carbocycles. The summed E-state index contributed by atoms with van der Waals surface area (Å²) in [6, 6.07) is 4.14. The van der Waals surface area contributed by atoms with Gasteiger partial charge in [0, 0.05) is 10.1 Å². The van der Waals surface area contributed by atoms with Crippen LogP contribution in [0.15, 0.2) is 18.2 Å². The molecule has 0 saturated carbocycles. The summed E-state index contributed by atoms with van der Waals surface area (Å²) in [5, 5.41) is 27.1. The van der Waals surface area contributed by atoms with E-state index in [0.717, 1.165) is 11.3 Å². The maximum absolute atomic E-state index is 13.4. The molecule has 72 valence electrons. The van der Waals surface area contributed by atoms with Gasteiger partial charge in [-0.3, -0.25) is 0 Å². The number of hydrogen-bond donors (Lipinski definition) is 3. The van der Waals surface area contributed by atoms with Gasteiger partial charge in [0.05, 0.1) is 4.78 Å². The van der Waals surface area contributed by atoms with E-state index in [1.165, 1.54) is 18.2 Å². The summed E-state index contributed by atoms with van der Waals surface area (Å²) < 4.78 is 13.8. The Hall–Kier alpha value is -1.11. The fourth-order valence-corrected chi connectivity index (χ4v) is 2.23. The second-order valence-corrected chi connectivity index (χ2v) is 3.92. The lowest BCUT2D eigenvalue weighted by Crippen LogP contribution is -2.29. The van der Waals surface area contributed by atoms with Crippen molar-refractivity contribution < 1.29 is 19.5 Å². The zero-order valence-corrected chi connectivity index (χ0v) is 7.75. The topological polar surface area (TPSA) is 60.7 Å². The van der Waals surface area contributed by atoms with Crippen LogP contribution in [0.4, 0.5) is 4.39 Å². The first-order valence-electron chi connectivity index (χ1n) is 3.86. The average molecular weight is 212 g/mol. The molecule has 0 aliphatic carbocycles. The van der Waals surface area contributed by atoms with E-state index in [1.807, 2.05) is 0 Å². The van der Waals surface area contributed by atoms with Gasteiger partial charge in [0.2, 0.25) is 0 Å². The predicted octanol–water partition coefficient (Wildman–Crippen LogP) is 0.426. The van der Waals surface area contributed by atoms with Gasteiger partial charge >= 0.3 is 7.12 Å². The van der Waals surface area contributed by atoms with Crippen molar-refractivity contribution in [3.05, 3.63) is 24.0 Å². The van der Waals surface area contributed by atoms with E-state index in [4.69, 9.17) is 15.2 Å². The highest BCUT2D eigenvalue weighted by Crippen LogP contribution is 2.26. The van der Waals surface area contributed by atoms with Gasteiger partial charge < -0.3 is 15.2 Å². The Balaban J connectivity index is 2.73. The Morgan fingerprint density at radius 1 is 1.29 bits per heavy atom. The third-order valence-corrected chi connectivity index (χ3v) is 3.04. The number of fused-ring (bicyclic) bond motifs is 1. The smallest absolute Gasteiger partial charge is 0.502 e. The number of halogens is 1. The molecule has 0 spiro atoms. The van der Waals surface area contributed by atoms with Gasteiger partial charge in [0.25, 0.3) is 0 Å².